The van der Waals surface area contributed by atoms with E-state index >= 15 is 0 Å². The molecule has 0 aliphatic carbocycles. The Hall–Kier alpha value is -2.11. The average Bonchev–Trinajstić information content (AvgIpc) is 2.38. The second-order valence-corrected chi connectivity index (χ2v) is 4.68. The van der Waals surface area contributed by atoms with Gasteiger partial charge in [-0.1, -0.05) is 0 Å². The average molecular weight is 265 g/mol. The summed E-state index contributed by atoms with van der Waals surface area (Å²) in [5.74, 6) is -1.72. The van der Waals surface area contributed by atoms with E-state index in [1.54, 1.807) is 12.1 Å². The number of halogens is 1. The minimum absolute atomic E-state index is 0.171. The third-order valence-electron chi connectivity index (χ3n) is 3.44. The quantitative estimate of drug-likeness (QED) is 0.569. The molecule has 5 nitrogen and oxygen atoms in total. The summed E-state index contributed by atoms with van der Waals surface area (Å²) in [6, 6.07) is 4.43. The lowest BCUT2D eigenvalue weighted by Gasteiger charge is -2.32. The van der Waals surface area contributed by atoms with Gasteiger partial charge in [0.05, 0.1) is 11.6 Å². The molecule has 0 radical (unpaired) electrons. The normalized spacial score (nSPS) is 16.4. The van der Waals surface area contributed by atoms with Crippen molar-refractivity contribution in [2.45, 2.75) is 12.8 Å². The first-order chi connectivity index (χ1) is 8.99. The number of nitrogens with zero attached hydrogens (tertiary/aromatic N) is 1. The minimum atomic E-state index is -0.785. The van der Waals surface area contributed by atoms with E-state index < -0.39 is 11.8 Å². The maximum absolute atomic E-state index is 13.9. The lowest BCUT2D eigenvalue weighted by molar-refractivity contribution is -0.142. The van der Waals surface area contributed by atoms with Crippen LogP contribution in [-0.4, -0.2) is 30.0 Å². The Morgan fingerprint density at radius 3 is 2.53 bits per heavy atom. The molecule has 1 aliphatic heterocycles. The van der Waals surface area contributed by atoms with Crippen LogP contribution >= 0.6 is 0 Å². The molecule has 1 aromatic rings. The van der Waals surface area contributed by atoms with Crippen molar-refractivity contribution in [3.8, 4) is 0 Å². The number of nitrogens with one attached hydrogen (secondary N) is 1. The van der Waals surface area contributed by atoms with Crippen LogP contribution in [-0.2, 0) is 4.79 Å². The van der Waals surface area contributed by atoms with E-state index in [0.29, 0.717) is 37.2 Å². The number of hydrogen-bond acceptors (Lipinski definition) is 3. The van der Waals surface area contributed by atoms with Crippen molar-refractivity contribution in [3.05, 3.63) is 29.6 Å². The van der Waals surface area contributed by atoms with Gasteiger partial charge in [-0.3, -0.25) is 10.2 Å². The molecular formula is C13H16FN3O2. The molecule has 0 unspecified atom stereocenters. The predicted molar refractivity (Wildman–Crippen MR) is 70.0 cm³/mol. The molecule has 6 heteroatoms. The number of carboxylic acids is 1. The van der Waals surface area contributed by atoms with Crippen molar-refractivity contribution in [2.75, 3.05) is 18.0 Å². The van der Waals surface area contributed by atoms with Crippen LogP contribution in [0, 0.1) is 17.1 Å². The third kappa shape index (κ3) is 2.83. The summed E-state index contributed by atoms with van der Waals surface area (Å²) in [6.45, 7) is 1.04. The van der Waals surface area contributed by atoms with Gasteiger partial charge in [0.1, 0.15) is 11.7 Å². The molecule has 0 spiro atoms. The summed E-state index contributed by atoms with van der Waals surface area (Å²) in [7, 11) is 0. The number of carboxylic acid groups (broad SMARTS) is 1. The largest absolute Gasteiger partial charge is 0.481 e. The zero-order valence-electron chi connectivity index (χ0n) is 10.4. The minimum Gasteiger partial charge on any atom is -0.481 e. The second kappa shape index (κ2) is 5.26. The Bertz CT molecular complexity index is 511. The molecule has 0 amide bonds. The number of anilines is 1. The van der Waals surface area contributed by atoms with Crippen LogP contribution in [0.5, 0.6) is 0 Å². The van der Waals surface area contributed by atoms with Crippen molar-refractivity contribution in [2.24, 2.45) is 11.7 Å². The summed E-state index contributed by atoms with van der Waals surface area (Å²) in [5.41, 5.74) is 6.09. The number of rotatable bonds is 3. The highest BCUT2D eigenvalue weighted by atomic mass is 19.1. The van der Waals surface area contributed by atoms with Crippen molar-refractivity contribution in [1.82, 2.24) is 0 Å². The van der Waals surface area contributed by atoms with Gasteiger partial charge in [0.25, 0.3) is 0 Å². The Balaban J connectivity index is 2.11. The molecule has 102 valence electrons. The summed E-state index contributed by atoms with van der Waals surface area (Å²) in [5, 5.41) is 16.2. The van der Waals surface area contributed by atoms with E-state index in [1.165, 1.54) is 6.07 Å². The van der Waals surface area contributed by atoms with Crippen LogP contribution in [0.4, 0.5) is 10.1 Å². The van der Waals surface area contributed by atoms with Gasteiger partial charge in [0, 0.05) is 18.7 Å². The highest BCUT2D eigenvalue weighted by Crippen LogP contribution is 2.26. The summed E-state index contributed by atoms with van der Waals surface area (Å²) in [4.78, 5) is 12.7. The molecule has 1 aromatic carbocycles. The molecule has 0 aromatic heterocycles. The first kappa shape index (κ1) is 13.3. The highest BCUT2D eigenvalue weighted by Gasteiger charge is 2.25. The number of piperidine rings is 1. The Morgan fingerprint density at radius 2 is 2.05 bits per heavy atom. The predicted octanol–water partition coefficient (Wildman–Crippen LogP) is 1.41. The van der Waals surface area contributed by atoms with Gasteiger partial charge in [0.15, 0.2) is 0 Å². The molecular weight excluding hydrogens is 249 g/mol. The Kier molecular flexibility index (Phi) is 3.69. The van der Waals surface area contributed by atoms with Crippen LogP contribution in [0.15, 0.2) is 18.2 Å². The third-order valence-corrected chi connectivity index (χ3v) is 3.44. The monoisotopic (exact) mass is 265 g/mol. The lowest BCUT2D eigenvalue weighted by atomic mass is 9.96. The highest BCUT2D eigenvalue weighted by molar-refractivity contribution is 5.95. The second-order valence-electron chi connectivity index (χ2n) is 4.68. The molecule has 19 heavy (non-hydrogen) atoms. The van der Waals surface area contributed by atoms with Crippen LogP contribution in [0.3, 0.4) is 0 Å². The van der Waals surface area contributed by atoms with E-state index in [0.717, 1.165) is 0 Å². The van der Waals surface area contributed by atoms with Crippen molar-refractivity contribution in [1.29, 1.82) is 5.41 Å². The van der Waals surface area contributed by atoms with Crippen LogP contribution < -0.4 is 10.6 Å². The molecule has 1 aliphatic rings. The molecule has 1 saturated heterocycles. The van der Waals surface area contributed by atoms with Crippen LogP contribution in [0.2, 0.25) is 0 Å². The first-order valence-corrected chi connectivity index (χ1v) is 6.10. The SMILES string of the molecule is N=C(N)c1ccc(N2CCC(C(=O)O)CC2)c(F)c1. The van der Waals surface area contributed by atoms with E-state index in [9.17, 15) is 9.18 Å². The molecule has 0 bridgehead atoms. The van der Waals surface area contributed by atoms with E-state index in [2.05, 4.69) is 0 Å². The summed E-state index contributed by atoms with van der Waals surface area (Å²) < 4.78 is 13.9. The first-order valence-electron chi connectivity index (χ1n) is 6.10. The zero-order chi connectivity index (χ0) is 14.0. The fraction of sp³-hybridized carbons (Fsp3) is 0.385. The fourth-order valence-electron chi connectivity index (χ4n) is 2.30. The maximum Gasteiger partial charge on any atom is 0.306 e. The van der Waals surface area contributed by atoms with Crippen molar-refractivity contribution in [3.63, 3.8) is 0 Å². The van der Waals surface area contributed by atoms with E-state index in [4.69, 9.17) is 16.2 Å². The number of carbonyl (C=O) groups is 1. The molecule has 4 N–H and O–H groups in total. The maximum atomic E-state index is 13.9. The van der Waals surface area contributed by atoms with Gasteiger partial charge >= 0.3 is 5.97 Å². The number of hydrogen-bond donors (Lipinski definition) is 3. The van der Waals surface area contributed by atoms with Gasteiger partial charge in [-0.2, -0.15) is 0 Å². The fourth-order valence-corrected chi connectivity index (χ4v) is 2.30. The zero-order valence-corrected chi connectivity index (χ0v) is 10.4. The van der Waals surface area contributed by atoms with Gasteiger partial charge in [-0.25, -0.2) is 4.39 Å². The van der Waals surface area contributed by atoms with Gasteiger partial charge in [-0.05, 0) is 31.0 Å². The van der Waals surface area contributed by atoms with Crippen LogP contribution in [0.25, 0.3) is 0 Å². The van der Waals surface area contributed by atoms with Gasteiger partial charge < -0.3 is 15.7 Å². The standard InChI is InChI=1S/C13H16FN3O2/c14-10-7-9(12(15)16)1-2-11(10)17-5-3-8(4-6-17)13(18)19/h1-2,7-8H,3-6H2,(H3,15,16)(H,18,19). The smallest absolute Gasteiger partial charge is 0.306 e. The van der Waals surface area contributed by atoms with Crippen molar-refractivity contribution >= 4 is 17.5 Å². The summed E-state index contributed by atoms with van der Waals surface area (Å²) >= 11 is 0. The Morgan fingerprint density at radius 1 is 1.42 bits per heavy atom. The molecule has 0 saturated carbocycles. The van der Waals surface area contributed by atoms with Gasteiger partial charge in [0.2, 0.25) is 0 Å². The summed E-state index contributed by atoms with van der Waals surface area (Å²) in [6.07, 6.45) is 1.03. The Labute approximate surface area is 110 Å². The number of benzene rings is 1. The number of amidine groups is 1. The van der Waals surface area contributed by atoms with Crippen LogP contribution in [0.1, 0.15) is 18.4 Å². The molecule has 1 fully saturated rings. The van der Waals surface area contributed by atoms with E-state index in [-0.39, 0.29) is 11.8 Å². The topological polar surface area (TPSA) is 90.4 Å². The van der Waals surface area contributed by atoms with Gasteiger partial charge in [-0.15, -0.1) is 0 Å². The molecule has 0 atom stereocenters. The number of nitrogens with two attached hydrogens (primary N) is 1. The molecule has 1 heterocycles. The van der Waals surface area contributed by atoms with Crippen molar-refractivity contribution < 1.29 is 14.3 Å². The lowest BCUT2D eigenvalue weighted by Crippen LogP contribution is -2.36. The number of nitrogen functional groups attached to an aromatic ring is 1. The number of aliphatic carboxylic acids is 1. The van der Waals surface area contributed by atoms with E-state index in [1.807, 2.05) is 4.90 Å². The molecule has 2 rings (SSSR count).